The topological polar surface area (TPSA) is 102 Å². The molecule has 7 nitrogen and oxygen atoms in total. The Hall–Kier alpha value is -3.63. The van der Waals surface area contributed by atoms with E-state index in [1.807, 2.05) is 36.4 Å². The Balaban J connectivity index is 1.78. The van der Waals surface area contributed by atoms with Crippen molar-refractivity contribution < 1.29 is 19.4 Å². The average molecular weight is 378 g/mol. The van der Waals surface area contributed by atoms with Crippen molar-refractivity contribution in [3.8, 4) is 11.8 Å². The molecule has 0 aliphatic heterocycles. The number of nitrogens with zero attached hydrogens (tertiary/aromatic N) is 2. The fourth-order valence-electron chi connectivity index (χ4n) is 2.87. The normalized spacial score (nSPS) is 11.6. The van der Waals surface area contributed by atoms with Crippen molar-refractivity contribution in [2.45, 2.75) is 12.6 Å². The first-order valence-corrected chi connectivity index (χ1v) is 8.55. The average Bonchev–Trinajstić information content (AvgIpc) is 2.73. The monoisotopic (exact) mass is 378 g/mol. The van der Waals surface area contributed by atoms with Gasteiger partial charge in [0.15, 0.2) is 0 Å². The van der Waals surface area contributed by atoms with Crippen LogP contribution in [-0.2, 0) is 11.3 Å². The molecule has 0 radical (unpaired) electrons. The lowest BCUT2D eigenvalue weighted by Gasteiger charge is -2.16. The molecule has 28 heavy (non-hydrogen) atoms. The maximum absolute atomic E-state index is 12.3. The summed E-state index contributed by atoms with van der Waals surface area (Å²) in [4.78, 5) is 24.0. The molecule has 0 saturated carbocycles. The van der Waals surface area contributed by atoms with Crippen LogP contribution in [-0.4, -0.2) is 35.5 Å². The largest absolute Gasteiger partial charge is 0.490 e. The van der Waals surface area contributed by atoms with Crippen LogP contribution in [0.1, 0.15) is 15.9 Å². The lowest BCUT2D eigenvalue weighted by atomic mass is 10.1. The minimum Gasteiger partial charge on any atom is -0.490 e. The van der Waals surface area contributed by atoms with Crippen LogP contribution < -0.4 is 10.3 Å². The number of aliphatic hydroxyl groups excluding tert-OH is 1. The Morgan fingerprint density at radius 3 is 2.75 bits per heavy atom. The molecule has 1 heterocycles. The fourth-order valence-corrected chi connectivity index (χ4v) is 2.87. The van der Waals surface area contributed by atoms with Crippen LogP contribution in [0.2, 0.25) is 0 Å². The molecule has 0 saturated heterocycles. The fraction of sp³-hybridized carbons (Fsp3) is 0.190. The van der Waals surface area contributed by atoms with Crippen molar-refractivity contribution in [3.63, 3.8) is 0 Å². The molecule has 0 fully saturated rings. The second-order valence-corrected chi connectivity index (χ2v) is 6.15. The standard InChI is InChI=1S/C21H18N2O5/c1-27-21(26)16-9-15(10-22)20(25)23(11-16)12-17(24)13-28-19-8-4-6-14-5-2-3-7-18(14)19/h2-9,11,17,24H,12-13H2,1H3/t17-/m1/s1. The number of benzene rings is 2. The third-order valence-corrected chi connectivity index (χ3v) is 4.22. The number of hydrogen-bond acceptors (Lipinski definition) is 6. The van der Waals surface area contributed by atoms with Gasteiger partial charge in [-0.1, -0.05) is 36.4 Å². The molecule has 0 spiro atoms. The number of hydrogen-bond donors (Lipinski definition) is 1. The summed E-state index contributed by atoms with van der Waals surface area (Å²) in [6, 6.07) is 16.2. The van der Waals surface area contributed by atoms with Crippen LogP contribution in [0.15, 0.2) is 59.5 Å². The number of aromatic nitrogens is 1. The van der Waals surface area contributed by atoms with E-state index in [-0.39, 0.29) is 24.3 Å². The van der Waals surface area contributed by atoms with Crippen molar-refractivity contribution in [3.05, 3.63) is 76.2 Å². The SMILES string of the molecule is COC(=O)c1cc(C#N)c(=O)n(C[C@@H](O)COc2cccc3ccccc23)c1. The highest BCUT2D eigenvalue weighted by Gasteiger charge is 2.15. The summed E-state index contributed by atoms with van der Waals surface area (Å²) in [6.07, 6.45) is 0.229. The van der Waals surface area contributed by atoms with Crippen LogP contribution in [0.4, 0.5) is 0 Å². The van der Waals surface area contributed by atoms with Crippen LogP contribution in [0.25, 0.3) is 10.8 Å². The Labute approximate surface area is 161 Å². The number of carbonyl (C=O) groups excluding carboxylic acids is 1. The maximum atomic E-state index is 12.3. The molecular weight excluding hydrogens is 360 g/mol. The van der Waals surface area contributed by atoms with Crippen LogP contribution in [0, 0.1) is 11.3 Å². The smallest absolute Gasteiger partial charge is 0.339 e. The maximum Gasteiger partial charge on any atom is 0.339 e. The minimum absolute atomic E-state index is 0.0563. The highest BCUT2D eigenvalue weighted by Crippen LogP contribution is 2.25. The van der Waals surface area contributed by atoms with E-state index in [1.54, 1.807) is 12.1 Å². The predicted molar refractivity (Wildman–Crippen MR) is 102 cm³/mol. The van der Waals surface area contributed by atoms with E-state index in [1.165, 1.54) is 19.4 Å². The summed E-state index contributed by atoms with van der Waals surface area (Å²) in [5.74, 6) is -0.0581. The van der Waals surface area contributed by atoms with Crippen molar-refractivity contribution in [2.75, 3.05) is 13.7 Å². The molecule has 7 heteroatoms. The Bertz CT molecular complexity index is 1110. The molecule has 1 atom stereocenters. The van der Waals surface area contributed by atoms with Gasteiger partial charge in [0.2, 0.25) is 0 Å². The molecule has 0 amide bonds. The molecule has 1 aromatic heterocycles. The van der Waals surface area contributed by atoms with E-state index in [4.69, 9.17) is 10.00 Å². The summed E-state index contributed by atoms with van der Waals surface area (Å²) >= 11 is 0. The van der Waals surface area contributed by atoms with E-state index < -0.39 is 17.6 Å². The Morgan fingerprint density at radius 2 is 2.00 bits per heavy atom. The number of pyridine rings is 1. The number of rotatable bonds is 6. The van der Waals surface area contributed by atoms with Gasteiger partial charge in [-0.25, -0.2) is 4.79 Å². The predicted octanol–water partition coefficient (Wildman–Crippen LogP) is 2.10. The Morgan fingerprint density at radius 1 is 1.25 bits per heavy atom. The molecule has 142 valence electrons. The number of methoxy groups -OCH3 is 1. The summed E-state index contributed by atoms with van der Waals surface area (Å²) < 4.78 is 11.5. The van der Waals surface area contributed by atoms with Crippen LogP contribution in [0.3, 0.4) is 0 Å². The highest BCUT2D eigenvalue weighted by atomic mass is 16.5. The summed E-state index contributed by atoms with van der Waals surface area (Å²) in [7, 11) is 1.21. The second kappa shape index (κ2) is 8.37. The van der Waals surface area contributed by atoms with Crippen LogP contribution >= 0.6 is 0 Å². The van der Waals surface area contributed by atoms with E-state index >= 15 is 0 Å². The molecule has 0 aliphatic rings. The molecule has 0 bridgehead atoms. The van der Waals surface area contributed by atoms with E-state index in [9.17, 15) is 14.7 Å². The molecule has 1 N–H and O–H groups in total. The zero-order chi connectivity index (χ0) is 20.1. The quantitative estimate of drug-likeness (QED) is 0.659. The third-order valence-electron chi connectivity index (χ3n) is 4.22. The van der Waals surface area contributed by atoms with Gasteiger partial charge >= 0.3 is 5.97 Å². The van der Waals surface area contributed by atoms with Gasteiger partial charge in [0.1, 0.15) is 30.1 Å². The van der Waals surface area contributed by atoms with Crippen molar-refractivity contribution in [1.29, 1.82) is 5.26 Å². The molecule has 3 aromatic rings. The van der Waals surface area contributed by atoms with Gasteiger partial charge in [-0.2, -0.15) is 5.26 Å². The first-order chi connectivity index (χ1) is 13.5. The molecular formula is C21H18N2O5. The molecule has 0 aliphatic carbocycles. The number of esters is 1. The zero-order valence-corrected chi connectivity index (χ0v) is 15.2. The van der Waals surface area contributed by atoms with Gasteiger partial charge in [-0.3, -0.25) is 4.79 Å². The number of aliphatic hydroxyl groups is 1. The minimum atomic E-state index is -1.03. The first kappa shape index (κ1) is 19.1. The number of nitriles is 1. The van der Waals surface area contributed by atoms with Crippen molar-refractivity contribution in [2.24, 2.45) is 0 Å². The molecule has 3 rings (SSSR count). The lowest BCUT2D eigenvalue weighted by Crippen LogP contribution is -2.32. The number of fused-ring (bicyclic) bond motifs is 1. The third kappa shape index (κ3) is 4.03. The van der Waals surface area contributed by atoms with Gasteiger partial charge in [0, 0.05) is 11.6 Å². The summed E-state index contributed by atoms with van der Waals surface area (Å²) in [5.41, 5.74) is -0.745. The molecule has 0 unspecified atom stereocenters. The van der Waals surface area contributed by atoms with E-state index in [0.29, 0.717) is 5.75 Å². The highest BCUT2D eigenvalue weighted by molar-refractivity contribution is 5.89. The zero-order valence-electron chi connectivity index (χ0n) is 15.2. The van der Waals surface area contributed by atoms with Gasteiger partial charge in [-0.15, -0.1) is 0 Å². The lowest BCUT2D eigenvalue weighted by molar-refractivity contribution is 0.0597. The summed E-state index contributed by atoms with van der Waals surface area (Å²) in [6.45, 7) is -0.200. The van der Waals surface area contributed by atoms with Crippen LogP contribution in [0.5, 0.6) is 5.75 Å². The second-order valence-electron chi connectivity index (χ2n) is 6.15. The van der Waals surface area contributed by atoms with Crippen molar-refractivity contribution in [1.82, 2.24) is 4.57 Å². The van der Waals surface area contributed by atoms with E-state index in [0.717, 1.165) is 15.3 Å². The van der Waals surface area contributed by atoms with Crippen molar-refractivity contribution >= 4 is 16.7 Å². The van der Waals surface area contributed by atoms with E-state index in [2.05, 4.69) is 4.74 Å². The Kier molecular flexibility index (Phi) is 5.72. The number of ether oxygens (including phenoxy) is 2. The first-order valence-electron chi connectivity index (χ1n) is 8.55. The molecule has 2 aromatic carbocycles. The van der Waals surface area contributed by atoms with Gasteiger partial charge in [-0.05, 0) is 17.5 Å². The van der Waals surface area contributed by atoms with Gasteiger partial charge in [0.25, 0.3) is 5.56 Å². The number of carbonyl (C=O) groups is 1. The van der Waals surface area contributed by atoms with Gasteiger partial charge in [0.05, 0.1) is 19.2 Å². The summed E-state index contributed by atoms with van der Waals surface area (Å²) in [5, 5.41) is 21.4. The van der Waals surface area contributed by atoms with Gasteiger partial charge < -0.3 is 19.1 Å².